The van der Waals surface area contributed by atoms with Crippen LogP contribution in [0.3, 0.4) is 0 Å². The Labute approximate surface area is 256 Å². The van der Waals surface area contributed by atoms with Crippen LogP contribution in [0.4, 0.5) is 0 Å². The maximum Gasteiger partial charge on any atom is 0.342 e. The van der Waals surface area contributed by atoms with E-state index < -0.39 is 42.0 Å². The molecular weight excluding hydrogens is 570 g/mol. The third-order valence-corrected chi connectivity index (χ3v) is 7.92. The van der Waals surface area contributed by atoms with Gasteiger partial charge in [0, 0.05) is 11.9 Å². The van der Waals surface area contributed by atoms with Gasteiger partial charge in [0.2, 0.25) is 11.5 Å². The van der Waals surface area contributed by atoms with Crippen molar-refractivity contribution in [1.82, 2.24) is 26.1 Å². The highest BCUT2D eigenvalue weighted by Crippen LogP contribution is 2.23. The Bertz CT molecular complexity index is 1360. The molecule has 2 aliphatic heterocycles. The summed E-state index contributed by atoms with van der Waals surface area (Å²) in [5.41, 5.74) is 3.51. The number of nitrogens with zero attached hydrogens (tertiary/aromatic N) is 2. The van der Waals surface area contributed by atoms with Crippen LogP contribution in [-0.2, 0) is 23.9 Å². The number of aromatic nitrogens is 1. The van der Waals surface area contributed by atoms with Crippen molar-refractivity contribution in [2.24, 2.45) is 5.92 Å². The Morgan fingerprint density at radius 2 is 1.89 bits per heavy atom. The van der Waals surface area contributed by atoms with E-state index in [4.69, 9.17) is 14.5 Å². The second kappa shape index (κ2) is 14.5. The van der Waals surface area contributed by atoms with Crippen LogP contribution >= 0.6 is 0 Å². The molecule has 2 amide bonds. The van der Waals surface area contributed by atoms with E-state index in [0.717, 1.165) is 10.9 Å². The first-order valence-electron chi connectivity index (χ1n) is 15.0. The lowest BCUT2D eigenvalue weighted by Gasteiger charge is -2.36. The van der Waals surface area contributed by atoms with Crippen molar-refractivity contribution in [3.63, 3.8) is 0 Å². The molecule has 240 valence electrons. The molecule has 2 saturated heterocycles. The van der Waals surface area contributed by atoms with Gasteiger partial charge >= 0.3 is 5.97 Å². The van der Waals surface area contributed by atoms with Gasteiger partial charge in [-0.05, 0) is 56.4 Å². The lowest BCUT2D eigenvalue weighted by Crippen LogP contribution is -2.61. The number of benzene rings is 1. The number of carboxylic acids is 1. The first-order chi connectivity index (χ1) is 20.9. The highest BCUT2D eigenvalue weighted by molar-refractivity contribution is 5.86. The van der Waals surface area contributed by atoms with E-state index >= 15 is 0 Å². The summed E-state index contributed by atoms with van der Waals surface area (Å²) < 4.78 is 10.9. The van der Waals surface area contributed by atoms with Crippen LogP contribution in [0.2, 0.25) is 0 Å². The smallest absolute Gasteiger partial charge is 0.342 e. The van der Waals surface area contributed by atoms with Gasteiger partial charge in [0.15, 0.2) is 0 Å². The van der Waals surface area contributed by atoms with Crippen molar-refractivity contribution in [2.45, 2.75) is 76.6 Å². The van der Waals surface area contributed by atoms with E-state index in [9.17, 15) is 29.7 Å². The first-order valence-corrected chi connectivity index (χ1v) is 15.0. The van der Waals surface area contributed by atoms with Crippen LogP contribution in [0.5, 0.6) is 0 Å². The summed E-state index contributed by atoms with van der Waals surface area (Å²) in [5.74, 6) is -1.94. The average Bonchev–Trinajstić information content (AvgIpc) is 3.02. The van der Waals surface area contributed by atoms with Crippen molar-refractivity contribution in [1.29, 1.82) is 0 Å². The highest BCUT2D eigenvalue weighted by Gasteiger charge is 2.40. The number of fused-ring (bicyclic) bond motifs is 1. The molecule has 2 aliphatic rings. The number of carbonyl (C=O) groups is 3. The van der Waals surface area contributed by atoms with Crippen LogP contribution in [-0.4, -0.2) is 99.5 Å². The summed E-state index contributed by atoms with van der Waals surface area (Å²) in [6.45, 7) is 7.83. The minimum absolute atomic E-state index is 0.0741. The molecule has 1 aromatic heterocycles. The Morgan fingerprint density at radius 1 is 1.14 bits per heavy atom. The van der Waals surface area contributed by atoms with Crippen LogP contribution in [0, 0.1) is 5.92 Å². The first kappa shape index (κ1) is 33.4. The molecule has 6 atom stereocenters. The number of aliphatic hydroxyl groups is 2. The van der Waals surface area contributed by atoms with Gasteiger partial charge in [0.1, 0.15) is 12.3 Å². The van der Waals surface area contributed by atoms with Crippen molar-refractivity contribution in [3.8, 4) is 0 Å². The monoisotopic (exact) mass is 613 g/mol. The number of hydrazine groups is 1. The zero-order valence-corrected chi connectivity index (χ0v) is 25.5. The molecule has 1 aromatic carbocycles. The normalized spacial score (nSPS) is 23.8. The number of rotatable bonds is 11. The van der Waals surface area contributed by atoms with Crippen LogP contribution in [0.15, 0.2) is 36.4 Å². The summed E-state index contributed by atoms with van der Waals surface area (Å²) in [6.07, 6.45) is 2.02. The summed E-state index contributed by atoms with van der Waals surface area (Å²) in [6, 6.07) is 7.46. The summed E-state index contributed by atoms with van der Waals surface area (Å²) in [5, 5.41) is 37.9. The molecule has 6 N–H and O–H groups in total. The maximum atomic E-state index is 13.2. The molecular formula is C31H43N5O8. The van der Waals surface area contributed by atoms with Gasteiger partial charge in [0.05, 0.1) is 49.2 Å². The molecule has 0 saturated carbocycles. The molecule has 0 radical (unpaired) electrons. The number of aliphatic carboxylic acids is 1. The van der Waals surface area contributed by atoms with Gasteiger partial charge in [-0.15, -0.1) is 0 Å². The van der Waals surface area contributed by atoms with E-state index in [1.165, 1.54) is 11.1 Å². The number of nitrogens with one attached hydrogen (secondary N) is 3. The SMILES string of the molecule is CC(C)[C@H](O)C(O)N[C@@H](C)C(=O)N1CCC[C@@H](C(=O)N[C@H](C)c2ccc3ccc(/C=C/C4(C(=O)O)COCCO4)cc3n2)N1. The molecule has 13 heteroatoms. The van der Waals surface area contributed by atoms with Crippen molar-refractivity contribution < 1.29 is 39.2 Å². The van der Waals surface area contributed by atoms with Crippen molar-refractivity contribution in [2.75, 3.05) is 26.4 Å². The average molecular weight is 614 g/mol. The van der Waals surface area contributed by atoms with Crippen LogP contribution < -0.4 is 16.1 Å². The van der Waals surface area contributed by atoms with E-state index in [-0.39, 0.29) is 30.9 Å². The molecule has 4 rings (SSSR count). The van der Waals surface area contributed by atoms with E-state index in [1.807, 2.05) is 37.3 Å². The van der Waals surface area contributed by atoms with E-state index in [1.54, 1.807) is 26.8 Å². The standard InChI is InChI=1S/C31H43N5O8/c1-18(2)26(37)28(39)33-20(4)29(40)36-13-5-6-24(35-36)27(38)32-19(3)23-10-9-22-8-7-21(16-25(22)34-23)11-12-31(30(41)42)17-43-14-15-44-31/h7-12,16,18-20,24,26,28,33,35,37,39H,5-6,13-15,17H2,1-4H3,(H,32,38)(H,41,42)/b12-11+/t19-,20+,24+,26+,28?,31?/m1/s1. The third-order valence-electron chi connectivity index (χ3n) is 7.92. The topological polar surface area (TPSA) is 183 Å². The second-order valence-corrected chi connectivity index (χ2v) is 11.7. The predicted molar refractivity (Wildman–Crippen MR) is 162 cm³/mol. The molecule has 0 bridgehead atoms. The molecule has 13 nitrogen and oxygen atoms in total. The molecule has 2 aromatic rings. The fraction of sp³-hybridized carbons (Fsp3) is 0.548. The number of amides is 2. The van der Waals surface area contributed by atoms with Gasteiger partial charge in [-0.25, -0.2) is 10.2 Å². The van der Waals surface area contributed by atoms with E-state index in [0.29, 0.717) is 37.2 Å². The maximum absolute atomic E-state index is 13.2. The Kier molecular flexibility index (Phi) is 11.1. The van der Waals surface area contributed by atoms with Gasteiger partial charge in [-0.1, -0.05) is 38.1 Å². The van der Waals surface area contributed by atoms with Crippen LogP contribution in [0.1, 0.15) is 57.8 Å². The number of hydrogen-bond acceptors (Lipinski definition) is 10. The number of pyridine rings is 1. The van der Waals surface area contributed by atoms with Gasteiger partial charge in [-0.2, -0.15) is 0 Å². The Morgan fingerprint density at radius 3 is 2.57 bits per heavy atom. The Hall–Kier alpha value is -3.46. The number of hydrogen-bond donors (Lipinski definition) is 6. The predicted octanol–water partition coefficient (Wildman–Crippen LogP) is 1.10. The number of carboxylic acid groups (broad SMARTS) is 1. The van der Waals surface area contributed by atoms with Crippen LogP contribution in [0.25, 0.3) is 17.0 Å². The Balaban J connectivity index is 1.38. The molecule has 2 unspecified atom stereocenters. The molecule has 0 spiro atoms. The number of aliphatic hydroxyl groups excluding tert-OH is 2. The van der Waals surface area contributed by atoms with Gasteiger partial charge in [-0.3, -0.25) is 24.9 Å². The molecule has 44 heavy (non-hydrogen) atoms. The fourth-order valence-electron chi connectivity index (χ4n) is 5.11. The summed E-state index contributed by atoms with van der Waals surface area (Å²) in [4.78, 5) is 42.8. The lowest BCUT2D eigenvalue weighted by atomic mass is 10.0. The fourth-order valence-corrected chi connectivity index (χ4v) is 5.11. The number of ether oxygens (including phenoxy) is 2. The largest absolute Gasteiger partial charge is 0.479 e. The van der Waals surface area contributed by atoms with E-state index in [2.05, 4.69) is 16.1 Å². The molecule has 2 fully saturated rings. The zero-order valence-electron chi connectivity index (χ0n) is 25.5. The minimum Gasteiger partial charge on any atom is -0.479 e. The minimum atomic E-state index is -1.54. The van der Waals surface area contributed by atoms with Gasteiger partial charge < -0.3 is 30.1 Å². The lowest BCUT2D eigenvalue weighted by molar-refractivity contribution is -0.181. The summed E-state index contributed by atoms with van der Waals surface area (Å²) >= 11 is 0. The third kappa shape index (κ3) is 7.97. The molecule has 3 heterocycles. The quantitative estimate of drug-likeness (QED) is 0.200. The number of carbonyl (C=O) groups excluding carboxylic acids is 2. The van der Waals surface area contributed by atoms with Crippen molar-refractivity contribution in [3.05, 3.63) is 47.7 Å². The second-order valence-electron chi connectivity index (χ2n) is 11.7. The molecule has 0 aliphatic carbocycles. The van der Waals surface area contributed by atoms with Gasteiger partial charge in [0.25, 0.3) is 5.91 Å². The van der Waals surface area contributed by atoms with Crippen molar-refractivity contribution >= 4 is 34.8 Å². The highest BCUT2D eigenvalue weighted by atomic mass is 16.6. The zero-order chi connectivity index (χ0) is 32.0. The summed E-state index contributed by atoms with van der Waals surface area (Å²) in [7, 11) is 0.